The van der Waals surface area contributed by atoms with E-state index < -0.39 is 11.2 Å². The normalized spacial score (nSPS) is 19.6. The number of ether oxygens (including phenoxy) is 1. The highest BCUT2D eigenvalue weighted by Gasteiger charge is 2.46. The molecule has 1 amide bonds. The second-order valence-corrected chi connectivity index (χ2v) is 9.83. The van der Waals surface area contributed by atoms with Crippen molar-refractivity contribution in [2.24, 2.45) is 7.05 Å². The van der Waals surface area contributed by atoms with E-state index in [0.29, 0.717) is 19.4 Å². The van der Waals surface area contributed by atoms with Gasteiger partial charge in [-0.25, -0.2) is 4.79 Å². The molecule has 1 unspecified atom stereocenters. The van der Waals surface area contributed by atoms with Crippen molar-refractivity contribution in [2.75, 3.05) is 6.54 Å². The van der Waals surface area contributed by atoms with Crippen LogP contribution in [0.3, 0.4) is 0 Å². The highest BCUT2D eigenvalue weighted by Crippen LogP contribution is 2.42. The van der Waals surface area contributed by atoms with Gasteiger partial charge in [0, 0.05) is 38.7 Å². The Balaban J connectivity index is 1.54. The van der Waals surface area contributed by atoms with Gasteiger partial charge in [-0.2, -0.15) is 0 Å². The van der Waals surface area contributed by atoms with Gasteiger partial charge in [0.05, 0.1) is 11.6 Å². The van der Waals surface area contributed by atoms with Crippen LogP contribution in [0.2, 0.25) is 0 Å². The van der Waals surface area contributed by atoms with E-state index in [1.54, 1.807) is 36.4 Å². The molecule has 4 rings (SSSR count). The fourth-order valence-corrected chi connectivity index (χ4v) is 4.79. The van der Waals surface area contributed by atoms with Crippen molar-refractivity contribution >= 4 is 6.09 Å². The number of hydrogen-bond donors (Lipinski definition) is 1. The third kappa shape index (κ3) is 4.92. The molecule has 0 radical (unpaired) electrons. The van der Waals surface area contributed by atoms with Gasteiger partial charge < -0.3 is 19.3 Å². The summed E-state index contributed by atoms with van der Waals surface area (Å²) < 4.78 is 7.66. The molecule has 0 spiro atoms. The molecule has 178 valence electrons. The van der Waals surface area contributed by atoms with Gasteiger partial charge in [0.25, 0.3) is 0 Å². The van der Waals surface area contributed by atoms with Crippen molar-refractivity contribution in [1.82, 2.24) is 9.47 Å². The third-order valence-electron chi connectivity index (χ3n) is 6.57. The number of cyclic esters (lactones) is 1. The van der Waals surface area contributed by atoms with Crippen molar-refractivity contribution in [3.8, 4) is 11.1 Å². The molecule has 1 N–H and O–H groups in total. The van der Waals surface area contributed by atoms with Crippen molar-refractivity contribution in [1.29, 1.82) is 0 Å². The lowest BCUT2D eigenvalue weighted by Crippen LogP contribution is -2.51. The van der Waals surface area contributed by atoms with Gasteiger partial charge >= 0.3 is 6.09 Å². The van der Waals surface area contributed by atoms with Gasteiger partial charge in [0.15, 0.2) is 0 Å². The number of rotatable bonds is 6. The van der Waals surface area contributed by atoms with Crippen LogP contribution >= 0.6 is 0 Å². The third-order valence-corrected chi connectivity index (χ3v) is 6.57. The second-order valence-electron chi connectivity index (χ2n) is 9.83. The van der Waals surface area contributed by atoms with E-state index in [1.165, 1.54) is 0 Å². The monoisotopic (exact) mass is 460 g/mol. The van der Waals surface area contributed by atoms with E-state index in [0.717, 1.165) is 22.3 Å². The zero-order chi connectivity index (χ0) is 24.5. The number of aryl methyl sites for hydroxylation is 1. The van der Waals surface area contributed by atoms with Crippen molar-refractivity contribution < 1.29 is 14.6 Å². The van der Waals surface area contributed by atoms with E-state index in [1.807, 2.05) is 73.8 Å². The summed E-state index contributed by atoms with van der Waals surface area (Å²) in [5.74, 6) is 0. The number of nitrogens with zero attached hydrogens (tertiary/aromatic N) is 2. The van der Waals surface area contributed by atoms with Crippen LogP contribution in [0.25, 0.3) is 11.1 Å². The quantitative estimate of drug-likeness (QED) is 0.561. The second kappa shape index (κ2) is 9.11. The fourth-order valence-electron chi connectivity index (χ4n) is 4.79. The molecule has 1 aromatic heterocycles. The van der Waals surface area contributed by atoms with Crippen LogP contribution in [0.5, 0.6) is 0 Å². The van der Waals surface area contributed by atoms with Gasteiger partial charge in [-0.1, -0.05) is 54.6 Å². The van der Waals surface area contributed by atoms with Crippen LogP contribution in [-0.2, 0) is 17.4 Å². The molecule has 6 nitrogen and oxygen atoms in total. The maximum absolute atomic E-state index is 13.2. The molecule has 2 heterocycles. The minimum absolute atomic E-state index is 0.0474. The van der Waals surface area contributed by atoms with Crippen LogP contribution in [0.15, 0.2) is 77.7 Å². The zero-order valence-corrected chi connectivity index (χ0v) is 20.2. The summed E-state index contributed by atoms with van der Waals surface area (Å²) in [6.45, 7) is 6.00. The Hall–Kier alpha value is -3.38. The molecule has 1 aliphatic rings. The van der Waals surface area contributed by atoms with Crippen LogP contribution in [0.1, 0.15) is 50.8 Å². The van der Waals surface area contributed by atoms with Crippen molar-refractivity contribution in [2.45, 2.75) is 50.9 Å². The molecular weight excluding hydrogens is 428 g/mol. The summed E-state index contributed by atoms with van der Waals surface area (Å²) in [7, 11) is 1.73. The SMILES string of the molecule is C[C@@H](c1ccc(-c2ccc(=O)n(C)c2)cc1)N1CCC(CC(C)(C)O)(c2ccccc2)OC1=O. The zero-order valence-electron chi connectivity index (χ0n) is 20.2. The number of amides is 1. The van der Waals surface area contributed by atoms with Crippen LogP contribution in [0.4, 0.5) is 4.79 Å². The van der Waals surface area contributed by atoms with Gasteiger partial charge in [-0.15, -0.1) is 0 Å². The topological polar surface area (TPSA) is 71.8 Å². The standard InChI is InChI=1S/C28H32N2O4/c1-20(21-10-12-22(13-11-21)23-14-15-25(31)29(4)18-23)30-17-16-28(34-26(30)32,19-27(2,3)33)24-8-6-5-7-9-24/h5-15,18,20,33H,16-17,19H2,1-4H3/t20-,28?/m0/s1. The molecule has 1 saturated heterocycles. The maximum Gasteiger partial charge on any atom is 0.411 e. The van der Waals surface area contributed by atoms with E-state index in [2.05, 4.69) is 0 Å². The summed E-state index contributed by atoms with van der Waals surface area (Å²) >= 11 is 0. The van der Waals surface area contributed by atoms with Crippen LogP contribution in [-0.4, -0.2) is 32.8 Å². The minimum atomic E-state index is -0.985. The largest absolute Gasteiger partial charge is 0.438 e. The molecule has 2 aromatic carbocycles. The average Bonchev–Trinajstić information content (AvgIpc) is 2.80. The smallest absolute Gasteiger partial charge is 0.411 e. The minimum Gasteiger partial charge on any atom is -0.438 e. The Labute approximate surface area is 200 Å². The number of carbonyl (C=O) groups is 1. The lowest BCUT2D eigenvalue weighted by Gasteiger charge is -2.45. The van der Waals surface area contributed by atoms with Crippen LogP contribution < -0.4 is 5.56 Å². The molecule has 1 aliphatic heterocycles. The average molecular weight is 461 g/mol. The predicted octanol–water partition coefficient (Wildman–Crippen LogP) is 5.01. The highest BCUT2D eigenvalue weighted by atomic mass is 16.6. The van der Waals surface area contributed by atoms with Gasteiger partial charge in [-0.3, -0.25) is 4.79 Å². The van der Waals surface area contributed by atoms with Gasteiger partial charge in [0.1, 0.15) is 5.60 Å². The summed E-state index contributed by atoms with van der Waals surface area (Å²) in [6, 6.07) is 20.9. The molecule has 6 heteroatoms. The van der Waals surface area contributed by atoms with Crippen molar-refractivity contribution in [3.63, 3.8) is 0 Å². The first-order chi connectivity index (χ1) is 16.1. The summed E-state index contributed by atoms with van der Waals surface area (Å²) in [5.41, 5.74) is 1.97. The van der Waals surface area contributed by atoms with E-state index in [-0.39, 0.29) is 17.7 Å². The number of aromatic nitrogens is 1. The highest BCUT2D eigenvalue weighted by molar-refractivity contribution is 5.70. The van der Waals surface area contributed by atoms with Gasteiger partial charge in [-0.05, 0) is 49.1 Å². The maximum atomic E-state index is 13.2. The molecule has 1 fully saturated rings. The first kappa shape index (κ1) is 23.8. The molecule has 34 heavy (non-hydrogen) atoms. The Bertz CT molecular complexity index is 1210. The molecule has 0 aliphatic carbocycles. The molecular formula is C28H32N2O4. The summed E-state index contributed by atoms with van der Waals surface area (Å²) in [4.78, 5) is 26.6. The van der Waals surface area contributed by atoms with E-state index in [9.17, 15) is 14.7 Å². The fraction of sp³-hybridized carbons (Fsp3) is 0.357. The Morgan fingerprint density at radius 1 is 1.00 bits per heavy atom. The summed E-state index contributed by atoms with van der Waals surface area (Å²) in [6.07, 6.45) is 2.35. The predicted molar refractivity (Wildman–Crippen MR) is 132 cm³/mol. The van der Waals surface area contributed by atoms with E-state index >= 15 is 0 Å². The number of pyridine rings is 1. The number of hydrogen-bond acceptors (Lipinski definition) is 4. The summed E-state index contributed by atoms with van der Waals surface area (Å²) in [5, 5.41) is 10.6. The molecule has 0 saturated carbocycles. The number of carbonyl (C=O) groups excluding carboxylic acids is 1. The van der Waals surface area contributed by atoms with Crippen molar-refractivity contribution in [3.05, 3.63) is 94.4 Å². The number of aliphatic hydroxyl groups is 1. The molecule has 0 bridgehead atoms. The Morgan fingerprint density at radius 2 is 1.65 bits per heavy atom. The Morgan fingerprint density at radius 3 is 2.24 bits per heavy atom. The van der Waals surface area contributed by atoms with E-state index in [4.69, 9.17) is 4.74 Å². The Kier molecular flexibility index (Phi) is 6.36. The van der Waals surface area contributed by atoms with Gasteiger partial charge in [0.2, 0.25) is 5.56 Å². The first-order valence-corrected chi connectivity index (χ1v) is 11.6. The molecule has 3 aromatic rings. The number of benzene rings is 2. The lowest BCUT2D eigenvalue weighted by atomic mass is 9.80. The first-order valence-electron chi connectivity index (χ1n) is 11.6. The van der Waals surface area contributed by atoms with Crippen LogP contribution in [0, 0.1) is 0 Å². The lowest BCUT2D eigenvalue weighted by molar-refractivity contribution is -0.101. The molecule has 2 atom stereocenters.